The largest absolute Gasteiger partial charge is 0.442 e. The van der Waals surface area contributed by atoms with E-state index in [1.807, 2.05) is 6.07 Å². The van der Waals surface area contributed by atoms with Gasteiger partial charge in [-0.25, -0.2) is 0 Å². The van der Waals surface area contributed by atoms with E-state index in [9.17, 15) is 0 Å². The lowest BCUT2D eigenvalue weighted by molar-refractivity contribution is -0.777. The predicted octanol–water partition coefficient (Wildman–Crippen LogP) is 1.86. The molecule has 0 amide bonds. The number of ether oxygens (including phenoxy) is 1. The highest BCUT2D eigenvalue weighted by atomic mass is 16.5. The second-order valence-electron chi connectivity index (χ2n) is 4.10. The summed E-state index contributed by atoms with van der Waals surface area (Å²) in [6.07, 6.45) is 1.08. The Hall–Kier alpha value is -1.77. The van der Waals surface area contributed by atoms with E-state index in [0.717, 1.165) is 25.5 Å². The number of para-hydroxylation sites is 1. The highest BCUT2D eigenvalue weighted by Gasteiger charge is 2.26. The van der Waals surface area contributed by atoms with Crippen LogP contribution in [0.25, 0.3) is 5.69 Å². The number of hydrogen-bond donors (Lipinski definition) is 0. The van der Waals surface area contributed by atoms with Gasteiger partial charge in [0, 0.05) is 6.42 Å². The zero-order valence-electron chi connectivity index (χ0n) is 9.39. The normalized spacial score (nSPS) is 14.3. The zero-order chi connectivity index (χ0) is 11.0. The van der Waals surface area contributed by atoms with Crippen LogP contribution in [0.15, 0.2) is 36.4 Å². The molecule has 1 aromatic heterocycles. The average molecular weight is 215 g/mol. The molecule has 3 heteroatoms. The number of nitrogens with zero attached hydrogens (tertiary/aromatic N) is 2. The average Bonchev–Trinajstić information content (AvgIpc) is 2.66. The van der Waals surface area contributed by atoms with Gasteiger partial charge in [-0.3, -0.25) is 0 Å². The predicted molar refractivity (Wildman–Crippen MR) is 60.8 cm³/mol. The van der Waals surface area contributed by atoms with Gasteiger partial charge >= 0.3 is 5.88 Å². The molecule has 1 aliphatic heterocycles. The monoisotopic (exact) mass is 215 g/mol. The van der Waals surface area contributed by atoms with Gasteiger partial charge in [-0.15, -0.1) is 4.68 Å². The van der Waals surface area contributed by atoms with E-state index in [1.165, 1.54) is 11.4 Å². The maximum Gasteiger partial charge on any atom is 0.393 e. The van der Waals surface area contributed by atoms with Crippen LogP contribution < -0.4 is 9.42 Å². The maximum absolute atomic E-state index is 5.65. The summed E-state index contributed by atoms with van der Waals surface area (Å²) in [5.41, 5.74) is 2.40. The molecule has 0 saturated heterocycles. The lowest BCUT2D eigenvalue weighted by Crippen LogP contribution is -2.47. The summed E-state index contributed by atoms with van der Waals surface area (Å²) in [6.45, 7) is 3.97. The molecule has 0 atom stereocenters. The topological polar surface area (TPSA) is 18.0 Å². The second-order valence-corrected chi connectivity index (χ2v) is 4.10. The summed E-state index contributed by atoms with van der Waals surface area (Å²) in [5.74, 6) is 0.979. The molecule has 82 valence electrons. The number of benzene rings is 1. The fraction of sp³-hybridized carbons (Fsp3) is 0.308. The number of fused-ring (bicyclic) bond motifs is 1. The first-order chi connectivity index (χ1) is 7.86. The molecule has 2 heterocycles. The van der Waals surface area contributed by atoms with Crippen molar-refractivity contribution in [2.45, 2.75) is 19.9 Å². The molecular formula is C13H15N2O+. The second kappa shape index (κ2) is 3.67. The van der Waals surface area contributed by atoms with Crippen molar-refractivity contribution in [3.8, 4) is 11.6 Å². The molecule has 16 heavy (non-hydrogen) atoms. The number of rotatable bonds is 1. The Labute approximate surface area is 94.9 Å². The Morgan fingerprint density at radius 2 is 2.06 bits per heavy atom. The fourth-order valence-electron chi connectivity index (χ4n) is 2.23. The molecule has 0 spiro atoms. The molecule has 0 fully saturated rings. The highest BCUT2D eigenvalue weighted by Crippen LogP contribution is 2.17. The first-order valence-electron chi connectivity index (χ1n) is 5.67. The van der Waals surface area contributed by atoms with Crippen LogP contribution in [0.1, 0.15) is 12.1 Å². The standard InChI is InChI=1S/C13H15N2O/c1-11-10-13-14(8-5-9-16-13)15(11)12-6-3-2-4-7-12/h2-4,6-7,10H,5,8-9H2,1H3/q+1. The Bertz CT molecular complexity index is 502. The van der Waals surface area contributed by atoms with Crippen molar-refractivity contribution < 1.29 is 9.42 Å². The van der Waals surface area contributed by atoms with Gasteiger partial charge in [0.2, 0.25) is 0 Å². The van der Waals surface area contributed by atoms with Gasteiger partial charge in [0.05, 0.1) is 11.8 Å². The molecule has 3 nitrogen and oxygen atoms in total. The van der Waals surface area contributed by atoms with Crippen LogP contribution in [0.5, 0.6) is 5.88 Å². The molecule has 3 rings (SSSR count). The molecular weight excluding hydrogens is 200 g/mol. The Morgan fingerprint density at radius 1 is 1.25 bits per heavy atom. The van der Waals surface area contributed by atoms with Crippen LogP contribution in [-0.2, 0) is 6.54 Å². The third-order valence-electron chi connectivity index (χ3n) is 2.93. The molecule has 0 saturated carbocycles. The van der Waals surface area contributed by atoms with E-state index in [4.69, 9.17) is 4.74 Å². The van der Waals surface area contributed by atoms with Gasteiger partial charge < -0.3 is 4.74 Å². The van der Waals surface area contributed by atoms with E-state index in [1.54, 1.807) is 0 Å². The minimum atomic E-state index is 0.832. The van der Waals surface area contributed by atoms with Crippen LogP contribution in [0.4, 0.5) is 0 Å². The van der Waals surface area contributed by atoms with Gasteiger partial charge in [0.1, 0.15) is 12.3 Å². The van der Waals surface area contributed by atoms with E-state index < -0.39 is 0 Å². The molecule has 1 aliphatic rings. The van der Waals surface area contributed by atoms with Crippen molar-refractivity contribution in [1.29, 1.82) is 0 Å². The summed E-state index contributed by atoms with van der Waals surface area (Å²) in [5, 5.41) is 0. The summed E-state index contributed by atoms with van der Waals surface area (Å²) in [4.78, 5) is 0. The van der Waals surface area contributed by atoms with Crippen LogP contribution in [-0.4, -0.2) is 11.3 Å². The van der Waals surface area contributed by atoms with Gasteiger partial charge in [0.25, 0.3) is 0 Å². The maximum atomic E-state index is 5.65. The molecule has 0 N–H and O–H groups in total. The Balaban J connectivity index is 2.17. The van der Waals surface area contributed by atoms with Gasteiger partial charge in [0.15, 0.2) is 6.54 Å². The van der Waals surface area contributed by atoms with Crippen LogP contribution in [0.2, 0.25) is 0 Å². The fourth-order valence-corrected chi connectivity index (χ4v) is 2.23. The molecule has 0 aliphatic carbocycles. The molecule has 2 aromatic rings. The minimum absolute atomic E-state index is 0.832. The summed E-state index contributed by atoms with van der Waals surface area (Å²) in [6, 6.07) is 12.5. The van der Waals surface area contributed by atoms with E-state index in [2.05, 4.69) is 46.6 Å². The Kier molecular flexibility index (Phi) is 2.17. The van der Waals surface area contributed by atoms with Gasteiger partial charge in [-0.05, 0) is 19.1 Å². The van der Waals surface area contributed by atoms with Gasteiger partial charge in [-0.1, -0.05) is 22.9 Å². The summed E-state index contributed by atoms with van der Waals surface area (Å²) >= 11 is 0. The molecule has 0 unspecified atom stereocenters. The highest BCUT2D eigenvalue weighted by molar-refractivity contribution is 5.31. The SMILES string of the molecule is Cc1cc2[n+](n1-c1ccccc1)CCCO2. The van der Waals surface area contributed by atoms with E-state index in [0.29, 0.717) is 0 Å². The summed E-state index contributed by atoms with van der Waals surface area (Å²) < 4.78 is 10.1. The number of aromatic nitrogens is 2. The third-order valence-corrected chi connectivity index (χ3v) is 2.93. The van der Waals surface area contributed by atoms with Crippen LogP contribution in [0.3, 0.4) is 0 Å². The lowest BCUT2D eigenvalue weighted by atomic mass is 10.3. The number of hydrogen-bond acceptors (Lipinski definition) is 1. The molecule has 1 aromatic carbocycles. The van der Waals surface area contributed by atoms with Crippen molar-refractivity contribution >= 4 is 0 Å². The van der Waals surface area contributed by atoms with Crippen molar-refractivity contribution in [2.75, 3.05) is 6.61 Å². The number of aryl methyl sites for hydroxylation is 1. The summed E-state index contributed by atoms with van der Waals surface area (Å²) in [7, 11) is 0. The lowest BCUT2D eigenvalue weighted by Gasteiger charge is -2.10. The van der Waals surface area contributed by atoms with Crippen LogP contribution in [0, 0.1) is 6.92 Å². The molecule has 0 bridgehead atoms. The zero-order valence-corrected chi connectivity index (χ0v) is 9.39. The smallest absolute Gasteiger partial charge is 0.393 e. The Morgan fingerprint density at radius 3 is 2.88 bits per heavy atom. The van der Waals surface area contributed by atoms with Crippen molar-refractivity contribution in [3.05, 3.63) is 42.1 Å². The van der Waals surface area contributed by atoms with Gasteiger partial charge in [-0.2, -0.15) is 0 Å². The van der Waals surface area contributed by atoms with E-state index in [-0.39, 0.29) is 0 Å². The van der Waals surface area contributed by atoms with Crippen molar-refractivity contribution in [3.63, 3.8) is 0 Å². The molecule has 0 radical (unpaired) electrons. The van der Waals surface area contributed by atoms with Crippen LogP contribution >= 0.6 is 0 Å². The third kappa shape index (κ3) is 1.40. The minimum Gasteiger partial charge on any atom is -0.442 e. The first kappa shape index (κ1) is 9.46. The van der Waals surface area contributed by atoms with Crippen molar-refractivity contribution in [2.24, 2.45) is 0 Å². The van der Waals surface area contributed by atoms with Crippen molar-refractivity contribution in [1.82, 2.24) is 4.68 Å². The first-order valence-corrected chi connectivity index (χ1v) is 5.67. The quantitative estimate of drug-likeness (QED) is 0.664. The van der Waals surface area contributed by atoms with E-state index >= 15 is 0 Å².